The van der Waals surface area contributed by atoms with E-state index < -0.39 is 0 Å². The van der Waals surface area contributed by atoms with Crippen LogP contribution in [0.1, 0.15) is 5.76 Å². The second kappa shape index (κ2) is 7.17. The zero-order valence-corrected chi connectivity index (χ0v) is 15.2. The minimum Gasteiger partial charge on any atom is -0.495 e. The molecule has 138 valence electrons. The molecule has 27 heavy (non-hydrogen) atoms. The summed E-state index contributed by atoms with van der Waals surface area (Å²) in [5.74, 6) is 1.35. The van der Waals surface area contributed by atoms with Crippen molar-refractivity contribution < 1.29 is 23.3 Å². The fourth-order valence-corrected chi connectivity index (χ4v) is 3.26. The van der Waals surface area contributed by atoms with E-state index in [1.165, 1.54) is 0 Å². The molecule has 2 heterocycles. The lowest BCUT2D eigenvalue weighted by molar-refractivity contribution is -0.886. The summed E-state index contributed by atoms with van der Waals surface area (Å²) < 4.78 is 16.7. The molecule has 2 N–H and O–H groups in total. The minimum absolute atomic E-state index is 0.104. The van der Waals surface area contributed by atoms with Crippen molar-refractivity contribution in [3.05, 3.63) is 60.6 Å². The van der Waals surface area contributed by atoms with E-state index in [9.17, 15) is 4.79 Å². The largest absolute Gasteiger partial charge is 0.495 e. The molecule has 6 nitrogen and oxygen atoms in total. The van der Waals surface area contributed by atoms with E-state index in [1.54, 1.807) is 13.4 Å². The van der Waals surface area contributed by atoms with Gasteiger partial charge in [0.15, 0.2) is 12.3 Å². The van der Waals surface area contributed by atoms with Gasteiger partial charge in [0.25, 0.3) is 5.91 Å². The molecule has 0 aliphatic carbocycles. The molecule has 2 aromatic carbocycles. The zero-order valence-electron chi connectivity index (χ0n) is 15.2. The molecule has 1 atom stereocenters. The van der Waals surface area contributed by atoms with Crippen molar-refractivity contribution in [3.8, 4) is 5.75 Å². The quantitative estimate of drug-likeness (QED) is 0.551. The summed E-state index contributed by atoms with van der Waals surface area (Å²) in [5, 5.41) is 4.91. The average molecular weight is 365 g/mol. The van der Waals surface area contributed by atoms with Crippen molar-refractivity contribution in [1.82, 2.24) is 0 Å². The smallest absolute Gasteiger partial charge is 0.279 e. The van der Waals surface area contributed by atoms with E-state index in [2.05, 4.69) is 5.32 Å². The molecule has 0 radical (unpaired) electrons. The summed E-state index contributed by atoms with van der Waals surface area (Å²) in [4.78, 5) is 13.5. The second-order valence-electron chi connectivity index (χ2n) is 6.59. The van der Waals surface area contributed by atoms with Crippen molar-refractivity contribution in [2.45, 2.75) is 6.54 Å². The number of anilines is 1. The maximum absolute atomic E-state index is 12.5. The van der Waals surface area contributed by atoms with Crippen LogP contribution in [0.25, 0.3) is 21.9 Å². The van der Waals surface area contributed by atoms with Gasteiger partial charge in [0, 0.05) is 16.8 Å². The van der Waals surface area contributed by atoms with Crippen LogP contribution in [-0.2, 0) is 11.3 Å². The summed E-state index contributed by atoms with van der Waals surface area (Å²) in [6.45, 7) is 0.947. The Morgan fingerprint density at radius 1 is 1.11 bits per heavy atom. The van der Waals surface area contributed by atoms with E-state index in [0.29, 0.717) is 30.1 Å². The molecule has 0 spiro atoms. The van der Waals surface area contributed by atoms with Crippen LogP contribution in [0, 0.1) is 0 Å². The number of benzene rings is 2. The first-order chi connectivity index (χ1) is 13.1. The summed E-state index contributed by atoms with van der Waals surface area (Å²) in [6.07, 6.45) is 1.64. The molecule has 6 heteroatoms. The van der Waals surface area contributed by atoms with Crippen LogP contribution in [0.2, 0.25) is 0 Å². The number of furan rings is 2. The van der Waals surface area contributed by atoms with E-state index in [0.717, 1.165) is 27.0 Å². The van der Waals surface area contributed by atoms with E-state index in [4.69, 9.17) is 13.6 Å². The van der Waals surface area contributed by atoms with Gasteiger partial charge in [-0.15, -0.1) is 0 Å². The first-order valence-electron chi connectivity index (χ1n) is 8.77. The van der Waals surface area contributed by atoms with Crippen LogP contribution in [-0.4, -0.2) is 26.6 Å². The number of para-hydroxylation sites is 1. The first kappa shape index (κ1) is 17.2. The third-order valence-electron chi connectivity index (χ3n) is 4.49. The van der Waals surface area contributed by atoms with Crippen LogP contribution in [0.4, 0.5) is 5.69 Å². The molecular weight excluding hydrogens is 344 g/mol. The molecule has 0 saturated carbocycles. The van der Waals surface area contributed by atoms with Gasteiger partial charge in [0.05, 0.1) is 26.1 Å². The molecule has 0 fully saturated rings. The number of likely N-dealkylation sites (N-methyl/N-ethyl adjacent to an activating group) is 1. The van der Waals surface area contributed by atoms with Crippen molar-refractivity contribution in [3.63, 3.8) is 0 Å². The van der Waals surface area contributed by atoms with E-state index >= 15 is 0 Å². The summed E-state index contributed by atoms with van der Waals surface area (Å²) in [6, 6.07) is 15.3. The molecule has 4 rings (SSSR count). The normalized spacial score (nSPS) is 12.4. The molecule has 0 aliphatic rings. The van der Waals surface area contributed by atoms with Gasteiger partial charge < -0.3 is 23.8 Å². The lowest BCUT2D eigenvalue weighted by atomic mass is 10.1. The highest BCUT2D eigenvalue weighted by molar-refractivity contribution is 6.07. The maximum Gasteiger partial charge on any atom is 0.279 e. The average Bonchev–Trinajstić information content (AvgIpc) is 3.27. The van der Waals surface area contributed by atoms with Gasteiger partial charge in [-0.1, -0.05) is 18.2 Å². The van der Waals surface area contributed by atoms with Gasteiger partial charge in [-0.2, -0.15) is 0 Å². The van der Waals surface area contributed by atoms with Crippen LogP contribution in [0.5, 0.6) is 5.75 Å². The number of rotatable bonds is 6. The Balaban J connectivity index is 1.55. The SMILES string of the molecule is COc1cc2c(cc1NC(=O)C[NH+](C)Cc1ccco1)oc1ccccc12. The van der Waals surface area contributed by atoms with Crippen LogP contribution < -0.4 is 15.0 Å². The number of nitrogens with one attached hydrogen (secondary N) is 2. The van der Waals surface area contributed by atoms with Crippen molar-refractivity contribution >= 4 is 33.5 Å². The maximum atomic E-state index is 12.5. The highest BCUT2D eigenvalue weighted by atomic mass is 16.5. The first-order valence-corrected chi connectivity index (χ1v) is 8.77. The van der Waals surface area contributed by atoms with E-state index in [1.807, 2.05) is 55.6 Å². The number of amides is 1. The number of ether oxygens (including phenoxy) is 1. The lowest BCUT2D eigenvalue weighted by Gasteiger charge is -2.14. The van der Waals surface area contributed by atoms with E-state index in [-0.39, 0.29) is 5.91 Å². The Bertz CT molecular complexity index is 1080. The van der Waals surface area contributed by atoms with Crippen molar-refractivity contribution in [1.29, 1.82) is 0 Å². The third-order valence-corrected chi connectivity index (χ3v) is 4.49. The standard InChI is InChI=1S/C21H20N2O4/c1-23(12-14-6-5-9-26-14)13-21(24)22-17-11-19-16(10-20(17)25-2)15-7-3-4-8-18(15)27-19/h3-11H,12-13H2,1-2H3,(H,22,24)/p+1. The fraction of sp³-hybridized carbons (Fsp3) is 0.190. The van der Waals surface area contributed by atoms with Gasteiger partial charge in [0.1, 0.15) is 23.5 Å². The molecule has 1 unspecified atom stereocenters. The molecule has 0 aliphatic heterocycles. The number of hydrogen-bond acceptors (Lipinski definition) is 4. The van der Waals surface area contributed by atoms with Crippen LogP contribution in [0.15, 0.2) is 63.6 Å². The number of hydrogen-bond donors (Lipinski definition) is 2. The number of carbonyl (C=O) groups is 1. The van der Waals surface area contributed by atoms with Gasteiger partial charge in [-0.3, -0.25) is 4.79 Å². The molecule has 2 aromatic heterocycles. The monoisotopic (exact) mass is 365 g/mol. The van der Waals surface area contributed by atoms with Crippen molar-refractivity contribution in [2.75, 3.05) is 26.0 Å². The summed E-state index contributed by atoms with van der Waals surface area (Å²) in [5.41, 5.74) is 2.11. The number of carbonyl (C=O) groups excluding carboxylic acids is 1. The summed E-state index contributed by atoms with van der Waals surface area (Å²) in [7, 11) is 3.54. The Labute approximate surface area is 156 Å². The van der Waals surface area contributed by atoms with Gasteiger partial charge in [-0.25, -0.2) is 0 Å². The number of quaternary nitrogens is 1. The molecule has 0 saturated heterocycles. The Morgan fingerprint density at radius 3 is 2.74 bits per heavy atom. The second-order valence-corrected chi connectivity index (χ2v) is 6.59. The fourth-order valence-electron chi connectivity index (χ4n) is 3.26. The van der Waals surface area contributed by atoms with Crippen LogP contribution in [0.3, 0.4) is 0 Å². The van der Waals surface area contributed by atoms with Gasteiger partial charge in [-0.05, 0) is 24.3 Å². The Kier molecular flexibility index (Phi) is 4.56. The Hall–Kier alpha value is -3.25. The molecular formula is C21H21N2O4+. The van der Waals surface area contributed by atoms with Crippen molar-refractivity contribution in [2.24, 2.45) is 0 Å². The Morgan fingerprint density at radius 2 is 1.96 bits per heavy atom. The summed E-state index contributed by atoms with van der Waals surface area (Å²) >= 11 is 0. The van der Waals surface area contributed by atoms with Crippen LogP contribution >= 0.6 is 0 Å². The number of methoxy groups -OCH3 is 1. The minimum atomic E-state index is -0.104. The topological polar surface area (TPSA) is 69.0 Å². The molecule has 1 amide bonds. The lowest BCUT2D eigenvalue weighted by Crippen LogP contribution is -3.08. The highest BCUT2D eigenvalue weighted by Crippen LogP contribution is 2.36. The van der Waals surface area contributed by atoms with Gasteiger partial charge >= 0.3 is 0 Å². The predicted molar refractivity (Wildman–Crippen MR) is 103 cm³/mol. The zero-order chi connectivity index (χ0) is 18.8. The molecule has 0 bridgehead atoms. The predicted octanol–water partition coefficient (Wildman–Crippen LogP) is 2.84. The number of fused-ring (bicyclic) bond motifs is 3. The molecule has 4 aromatic rings. The third kappa shape index (κ3) is 3.52. The highest BCUT2D eigenvalue weighted by Gasteiger charge is 2.16. The van der Waals surface area contributed by atoms with Gasteiger partial charge in [0.2, 0.25) is 0 Å².